The summed E-state index contributed by atoms with van der Waals surface area (Å²) in [6.45, 7) is 2.07. The average Bonchev–Trinajstić information content (AvgIpc) is 3.39. The van der Waals surface area contributed by atoms with Gasteiger partial charge in [-0.2, -0.15) is 0 Å². The van der Waals surface area contributed by atoms with Crippen LogP contribution in [-0.4, -0.2) is 32.3 Å². The van der Waals surface area contributed by atoms with E-state index in [1.54, 1.807) is 32.2 Å². The molecule has 7 heteroatoms. The lowest BCUT2D eigenvalue weighted by Crippen LogP contribution is -2.28. The van der Waals surface area contributed by atoms with Gasteiger partial charge in [0.2, 0.25) is 10.0 Å². The molecule has 2 aromatic carbocycles. The van der Waals surface area contributed by atoms with Gasteiger partial charge in [0, 0.05) is 25.2 Å². The molecule has 3 rings (SSSR count). The van der Waals surface area contributed by atoms with Crippen LogP contribution in [0.5, 0.6) is 0 Å². The molecule has 0 aliphatic heterocycles. The van der Waals surface area contributed by atoms with Crippen LogP contribution >= 0.6 is 0 Å². The molecule has 1 saturated carbocycles. The minimum absolute atomic E-state index is 0.00149. The van der Waals surface area contributed by atoms with E-state index < -0.39 is 10.0 Å². The van der Waals surface area contributed by atoms with Gasteiger partial charge in [-0.15, -0.1) is 0 Å². The Kier molecular flexibility index (Phi) is 5.11. The van der Waals surface area contributed by atoms with Crippen molar-refractivity contribution in [2.45, 2.75) is 37.2 Å². The van der Waals surface area contributed by atoms with E-state index >= 15 is 0 Å². The Morgan fingerprint density at radius 2 is 1.85 bits per heavy atom. The molecule has 0 spiro atoms. The van der Waals surface area contributed by atoms with E-state index in [1.165, 1.54) is 29.2 Å². The van der Waals surface area contributed by atoms with Crippen LogP contribution in [0.25, 0.3) is 0 Å². The SMILES string of the molecule is Cc1ccc(S(=O)(=O)NC2CC2)cc1C(=O)N(C)Cc1ccc(F)cc1. The van der Waals surface area contributed by atoms with E-state index in [4.69, 9.17) is 0 Å². The topological polar surface area (TPSA) is 66.5 Å². The maximum Gasteiger partial charge on any atom is 0.254 e. The molecule has 1 amide bonds. The summed E-state index contributed by atoms with van der Waals surface area (Å²) in [6.07, 6.45) is 1.69. The molecule has 1 N–H and O–H groups in total. The Bertz CT molecular complexity index is 922. The second-order valence-electron chi connectivity index (χ2n) is 6.66. The third-order valence-corrected chi connectivity index (χ3v) is 5.85. The highest BCUT2D eigenvalue weighted by Gasteiger charge is 2.28. The van der Waals surface area contributed by atoms with E-state index in [-0.39, 0.29) is 22.7 Å². The second-order valence-corrected chi connectivity index (χ2v) is 8.37. The van der Waals surface area contributed by atoms with E-state index in [9.17, 15) is 17.6 Å². The molecule has 1 fully saturated rings. The van der Waals surface area contributed by atoms with Crippen LogP contribution in [0.3, 0.4) is 0 Å². The number of hydrogen-bond donors (Lipinski definition) is 1. The molecule has 0 saturated heterocycles. The summed E-state index contributed by atoms with van der Waals surface area (Å²) in [4.78, 5) is 14.4. The van der Waals surface area contributed by atoms with Crippen LogP contribution in [-0.2, 0) is 16.6 Å². The zero-order chi connectivity index (χ0) is 18.9. The maximum atomic E-state index is 13.0. The Morgan fingerprint density at radius 1 is 1.19 bits per heavy atom. The number of sulfonamides is 1. The van der Waals surface area contributed by atoms with Crippen LogP contribution in [0, 0.1) is 12.7 Å². The van der Waals surface area contributed by atoms with Crippen molar-refractivity contribution >= 4 is 15.9 Å². The summed E-state index contributed by atoms with van der Waals surface area (Å²) in [5.74, 6) is -0.616. The molecule has 26 heavy (non-hydrogen) atoms. The van der Waals surface area contributed by atoms with Crippen LogP contribution in [0.4, 0.5) is 4.39 Å². The van der Waals surface area contributed by atoms with Gasteiger partial charge in [0.25, 0.3) is 5.91 Å². The van der Waals surface area contributed by atoms with Gasteiger partial charge in [-0.1, -0.05) is 18.2 Å². The average molecular weight is 376 g/mol. The number of halogens is 1. The van der Waals surface area contributed by atoms with Crippen molar-refractivity contribution in [2.75, 3.05) is 7.05 Å². The number of carbonyl (C=O) groups excluding carboxylic acids is 1. The molecule has 0 atom stereocenters. The van der Waals surface area contributed by atoms with E-state index in [2.05, 4.69) is 4.72 Å². The summed E-state index contributed by atoms with van der Waals surface area (Å²) >= 11 is 0. The molecule has 5 nitrogen and oxygen atoms in total. The summed E-state index contributed by atoms with van der Waals surface area (Å²) in [7, 11) is -1.99. The van der Waals surface area contributed by atoms with Gasteiger partial charge in [-0.3, -0.25) is 4.79 Å². The second kappa shape index (κ2) is 7.17. The molecule has 1 aliphatic rings. The normalized spacial score (nSPS) is 14.3. The lowest BCUT2D eigenvalue weighted by molar-refractivity contribution is 0.0784. The Morgan fingerprint density at radius 3 is 2.46 bits per heavy atom. The minimum atomic E-state index is -3.62. The molecule has 1 aliphatic carbocycles. The van der Waals surface area contributed by atoms with Crippen molar-refractivity contribution in [3.8, 4) is 0 Å². The number of benzene rings is 2. The van der Waals surface area contributed by atoms with Gasteiger partial charge < -0.3 is 4.90 Å². The lowest BCUT2D eigenvalue weighted by Gasteiger charge is -2.19. The summed E-state index contributed by atoms with van der Waals surface area (Å²) < 4.78 is 40.4. The standard InChI is InChI=1S/C19H21FN2O3S/c1-13-3-10-17(26(24,25)21-16-8-9-16)11-18(13)19(23)22(2)12-14-4-6-15(20)7-5-14/h3-7,10-11,16,21H,8-9,12H2,1-2H3. The van der Waals surface area contributed by atoms with Crippen molar-refractivity contribution < 1.29 is 17.6 Å². The molecular formula is C19H21FN2O3S. The summed E-state index contributed by atoms with van der Waals surface area (Å²) in [5, 5.41) is 0. The van der Waals surface area contributed by atoms with Crippen molar-refractivity contribution in [1.29, 1.82) is 0 Å². The zero-order valence-corrected chi connectivity index (χ0v) is 15.5. The molecular weight excluding hydrogens is 355 g/mol. The highest BCUT2D eigenvalue weighted by atomic mass is 32.2. The van der Waals surface area contributed by atoms with Crippen LogP contribution in [0.2, 0.25) is 0 Å². The number of amides is 1. The van der Waals surface area contributed by atoms with Gasteiger partial charge in [0.05, 0.1) is 4.90 Å². The lowest BCUT2D eigenvalue weighted by atomic mass is 10.1. The predicted octanol–water partition coefficient (Wildman–Crippen LogP) is 2.85. The molecule has 0 aromatic heterocycles. The first-order chi connectivity index (χ1) is 12.3. The zero-order valence-electron chi connectivity index (χ0n) is 14.7. The monoisotopic (exact) mass is 376 g/mol. The van der Waals surface area contributed by atoms with E-state index in [0.29, 0.717) is 17.7 Å². The van der Waals surface area contributed by atoms with E-state index in [1.807, 2.05) is 0 Å². The minimum Gasteiger partial charge on any atom is -0.337 e. The predicted molar refractivity (Wildman–Crippen MR) is 96.7 cm³/mol. The molecule has 0 radical (unpaired) electrons. The Labute approximate surface area is 152 Å². The van der Waals surface area contributed by atoms with Gasteiger partial charge in [0.15, 0.2) is 0 Å². The van der Waals surface area contributed by atoms with Gasteiger partial charge >= 0.3 is 0 Å². The molecule has 0 bridgehead atoms. The number of hydrogen-bond acceptors (Lipinski definition) is 3. The van der Waals surface area contributed by atoms with Crippen LogP contribution < -0.4 is 4.72 Å². The first-order valence-electron chi connectivity index (χ1n) is 8.39. The molecule has 0 heterocycles. The number of aryl methyl sites for hydroxylation is 1. The Balaban J connectivity index is 1.81. The first-order valence-corrected chi connectivity index (χ1v) is 9.87. The van der Waals surface area contributed by atoms with Gasteiger partial charge in [0.1, 0.15) is 5.82 Å². The van der Waals surface area contributed by atoms with Crippen LogP contribution in [0.1, 0.15) is 34.3 Å². The summed E-state index contributed by atoms with van der Waals surface area (Å²) in [6, 6.07) is 10.5. The first kappa shape index (κ1) is 18.5. The number of rotatable bonds is 6. The quantitative estimate of drug-likeness (QED) is 0.843. The highest BCUT2D eigenvalue weighted by Crippen LogP contribution is 2.24. The molecule has 2 aromatic rings. The maximum absolute atomic E-state index is 13.0. The third kappa shape index (κ3) is 4.28. The number of carbonyl (C=O) groups is 1. The summed E-state index contributed by atoms with van der Waals surface area (Å²) in [5.41, 5.74) is 1.83. The van der Waals surface area contributed by atoms with Crippen molar-refractivity contribution in [2.24, 2.45) is 0 Å². The molecule has 138 valence electrons. The number of nitrogens with one attached hydrogen (secondary N) is 1. The largest absolute Gasteiger partial charge is 0.337 e. The van der Waals surface area contributed by atoms with Crippen molar-refractivity contribution in [3.63, 3.8) is 0 Å². The van der Waals surface area contributed by atoms with Gasteiger partial charge in [-0.05, 0) is 55.2 Å². The fraction of sp³-hybridized carbons (Fsp3) is 0.316. The van der Waals surface area contributed by atoms with Crippen molar-refractivity contribution in [1.82, 2.24) is 9.62 Å². The Hall–Kier alpha value is -2.25. The highest BCUT2D eigenvalue weighted by molar-refractivity contribution is 7.89. The van der Waals surface area contributed by atoms with Crippen LogP contribution in [0.15, 0.2) is 47.4 Å². The number of nitrogens with zero attached hydrogens (tertiary/aromatic N) is 1. The van der Waals surface area contributed by atoms with Gasteiger partial charge in [-0.25, -0.2) is 17.5 Å². The molecule has 0 unspecified atom stereocenters. The van der Waals surface area contributed by atoms with Crippen molar-refractivity contribution in [3.05, 3.63) is 65.0 Å². The smallest absolute Gasteiger partial charge is 0.254 e. The fourth-order valence-electron chi connectivity index (χ4n) is 2.63. The third-order valence-electron chi connectivity index (χ3n) is 4.33. The fourth-order valence-corrected chi connectivity index (χ4v) is 3.96. The van der Waals surface area contributed by atoms with E-state index in [0.717, 1.165) is 18.4 Å².